The Labute approximate surface area is 149 Å². The zero-order chi connectivity index (χ0) is 19.7. The molecule has 8 heteroatoms. The number of pyridine rings is 1. The molecule has 1 aromatic heterocycles. The molecule has 0 amide bonds. The SMILES string of the molecule is COC=O.Cn1ccc(C(F)(F)F)c(Cc2cccc(CCN)c2)c1=O. The monoisotopic (exact) mass is 370 g/mol. The number of halogens is 3. The van der Waals surface area contributed by atoms with Crippen LogP contribution in [0.4, 0.5) is 13.2 Å². The van der Waals surface area contributed by atoms with E-state index in [-0.39, 0.29) is 12.0 Å². The second-order valence-corrected chi connectivity index (χ2v) is 5.49. The van der Waals surface area contributed by atoms with Crippen LogP contribution in [0, 0.1) is 0 Å². The van der Waals surface area contributed by atoms with Gasteiger partial charge >= 0.3 is 6.18 Å². The summed E-state index contributed by atoms with van der Waals surface area (Å²) >= 11 is 0. The molecule has 0 aliphatic heterocycles. The van der Waals surface area contributed by atoms with Gasteiger partial charge in [0, 0.05) is 25.2 Å². The molecule has 1 aromatic carbocycles. The maximum Gasteiger partial charge on any atom is 0.416 e. The van der Waals surface area contributed by atoms with Crippen LogP contribution in [-0.2, 0) is 35.6 Å². The molecule has 26 heavy (non-hydrogen) atoms. The predicted molar refractivity (Wildman–Crippen MR) is 91.8 cm³/mol. The number of alkyl halides is 3. The lowest BCUT2D eigenvalue weighted by Gasteiger charge is -2.14. The molecule has 0 saturated heterocycles. The molecule has 142 valence electrons. The lowest BCUT2D eigenvalue weighted by molar-refractivity contribution is -0.138. The molecule has 0 atom stereocenters. The number of benzene rings is 1. The largest absolute Gasteiger partial charge is 0.471 e. The second kappa shape index (κ2) is 9.76. The smallest absolute Gasteiger partial charge is 0.416 e. The average molecular weight is 370 g/mol. The van der Waals surface area contributed by atoms with E-state index in [9.17, 15) is 18.0 Å². The van der Waals surface area contributed by atoms with Crippen LogP contribution in [-0.4, -0.2) is 24.7 Å². The number of aryl methyl sites for hydroxylation is 1. The lowest BCUT2D eigenvalue weighted by atomic mass is 9.99. The van der Waals surface area contributed by atoms with Crippen molar-refractivity contribution in [3.05, 3.63) is 69.1 Å². The summed E-state index contributed by atoms with van der Waals surface area (Å²) in [7, 11) is 2.75. The summed E-state index contributed by atoms with van der Waals surface area (Å²) in [5, 5.41) is 0. The van der Waals surface area contributed by atoms with Crippen LogP contribution < -0.4 is 11.3 Å². The summed E-state index contributed by atoms with van der Waals surface area (Å²) in [4.78, 5) is 21.0. The van der Waals surface area contributed by atoms with Crippen LogP contribution >= 0.6 is 0 Å². The zero-order valence-corrected chi connectivity index (χ0v) is 14.5. The Morgan fingerprint density at radius 2 is 1.85 bits per heavy atom. The molecular formula is C18H21F3N2O3. The Bertz CT molecular complexity index is 786. The van der Waals surface area contributed by atoms with Crippen molar-refractivity contribution in [1.29, 1.82) is 0 Å². The standard InChI is InChI=1S/C16H17F3N2O.C2H4O2/c1-21-8-6-14(16(17,18)19)13(15(21)22)10-12-4-2-3-11(9-12)5-7-20;1-4-2-3/h2-4,6,8-9H,5,7,10,20H2,1H3;2H,1H3. The summed E-state index contributed by atoms with van der Waals surface area (Å²) in [6.45, 7) is 0.838. The van der Waals surface area contributed by atoms with E-state index < -0.39 is 17.3 Å². The van der Waals surface area contributed by atoms with Crippen LogP contribution in [0.5, 0.6) is 0 Å². The second-order valence-electron chi connectivity index (χ2n) is 5.49. The van der Waals surface area contributed by atoms with Gasteiger partial charge in [-0.15, -0.1) is 0 Å². The number of methoxy groups -OCH3 is 1. The normalized spacial score (nSPS) is 10.7. The molecule has 5 nitrogen and oxygen atoms in total. The highest BCUT2D eigenvalue weighted by atomic mass is 19.4. The van der Waals surface area contributed by atoms with Crippen LogP contribution in [0.25, 0.3) is 0 Å². The molecule has 0 fully saturated rings. The molecule has 0 spiro atoms. The fourth-order valence-corrected chi connectivity index (χ4v) is 2.39. The van der Waals surface area contributed by atoms with E-state index in [0.717, 1.165) is 22.4 Å². The van der Waals surface area contributed by atoms with Crippen molar-refractivity contribution in [3.8, 4) is 0 Å². The van der Waals surface area contributed by atoms with E-state index in [2.05, 4.69) is 4.74 Å². The van der Waals surface area contributed by atoms with E-state index in [4.69, 9.17) is 10.5 Å². The highest BCUT2D eigenvalue weighted by Crippen LogP contribution is 2.31. The Balaban J connectivity index is 0.000000765. The summed E-state index contributed by atoms with van der Waals surface area (Å²) in [6, 6.07) is 8.08. The fourth-order valence-electron chi connectivity index (χ4n) is 2.39. The van der Waals surface area contributed by atoms with Crippen LogP contribution in [0.1, 0.15) is 22.3 Å². The number of hydrogen-bond donors (Lipinski definition) is 1. The van der Waals surface area contributed by atoms with Crippen molar-refractivity contribution in [3.63, 3.8) is 0 Å². The summed E-state index contributed by atoms with van der Waals surface area (Å²) in [5.41, 5.74) is 5.36. The highest BCUT2D eigenvalue weighted by Gasteiger charge is 2.34. The van der Waals surface area contributed by atoms with Crippen LogP contribution in [0.2, 0.25) is 0 Å². The summed E-state index contributed by atoms with van der Waals surface area (Å²) in [6.07, 6.45) is -2.81. The van der Waals surface area contributed by atoms with Crippen molar-refractivity contribution in [1.82, 2.24) is 4.57 Å². The van der Waals surface area contributed by atoms with Crippen molar-refractivity contribution >= 4 is 6.47 Å². The third-order valence-electron chi connectivity index (χ3n) is 3.58. The zero-order valence-electron chi connectivity index (χ0n) is 14.5. The van der Waals surface area contributed by atoms with Gasteiger partial charge in [-0.05, 0) is 30.2 Å². The number of rotatable bonds is 5. The van der Waals surface area contributed by atoms with Gasteiger partial charge in [0.1, 0.15) is 0 Å². The molecule has 0 bridgehead atoms. The first kappa shape index (κ1) is 21.4. The highest BCUT2D eigenvalue weighted by molar-refractivity contribution is 5.36. The van der Waals surface area contributed by atoms with Gasteiger partial charge in [-0.2, -0.15) is 13.2 Å². The summed E-state index contributed by atoms with van der Waals surface area (Å²) < 4.78 is 44.3. The van der Waals surface area contributed by atoms with Gasteiger partial charge in [-0.1, -0.05) is 24.3 Å². The molecule has 0 aliphatic carbocycles. The number of ether oxygens (including phenoxy) is 1. The van der Waals surface area contributed by atoms with Crippen molar-refractivity contribution in [2.24, 2.45) is 12.8 Å². The minimum absolute atomic E-state index is 0.0548. The first-order valence-corrected chi connectivity index (χ1v) is 7.74. The van der Waals surface area contributed by atoms with Crippen molar-refractivity contribution < 1.29 is 22.7 Å². The predicted octanol–water partition coefficient (Wildman–Crippen LogP) is 2.29. The maximum absolute atomic E-state index is 13.1. The van der Waals surface area contributed by atoms with Crippen LogP contribution in [0.15, 0.2) is 41.3 Å². The van der Waals surface area contributed by atoms with E-state index >= 15 is 0 Å². The molecule has 0 aliphatic rings. The number of nitrogens with zero attached hydrogens (tertiary/aromatic N) is 1. The number of carbonyl (C=O) groups is 1. The number of nitrogens with two attached hydrogens (primary N) is 1. The molecule has 1 heterocycles. The van der Waals surface area contributed by atoms with Gasteiger partial charge in [0.05, 0.1) is 12.7 Å². The van der Waals surface area contributed by atoms with Crippen LogP contribution in [0.3, 0.4) is 0 Å². The van der Waals surface area contributed by atoms with Gasteiger partial charge in [0.2, 0.25) is 0 Å². The number of carbonyl (C=O) groups excluding carboxylic acids is 1. The summed E-state index contributed by atoms with van der Waals surface area (Å²) in [5.74, 6) is 0. The third kappa shape index (κ3) is 6.03. The Kier molecular flexibility index (Phi) is 8.05. The molecule has 2 aromatic rings. The Hall–Kier alpha value is -2.61. The first-order chi connectivity index (χ1) is 12.2. The lowest BCUT2D eigenvalue weighted by Crippen LogP contribution is -2.26. The van der Waals surface area contributed by atoms with Crippen molar-refractivity contribution in [2.45, 2.75) is 19.0 Å². The van der Waals surface area contributed by atoms with Gasteiger partial charge < -0.3 is 15.0 Å². The number of aromatic nitrogens is 1. The third-order valence-corrected chi connectivity index (χ3v) is 3.58. The van der Waals surface area contributed by atoms with Gasteiger partial charge in [-0.25, -0.2) is 0 Å². The number of hydrogen-bond acceptors (Lipinski definition) is 4. The molecule has 2 N–H and O–H groups in total. The fraction of sp³-hybridized carbons (Fsp3) is 0.333. The minimum Gasteiger partial charge on any atom is -0.471 e. The molecular weight excluding hydrogens is 349 g/mol. The average Bonchev–Trinajstić information content (AvgIpc) is 2.59. The molecule has 0 radical (unpaired) electrons. The quantitative estimate of drug-likeness (QED) is 0.820. The Morgan fingerprint density at radius 1 is 1.23 bits per heavy atom. The van der Waals surface area contributed by atoms with Crippen molar-refractivity contribution in [2.75, 3.05) is 13.7 Å². The minimum atomic E-state index is -4.54. The van der Waals surface area contributed by atoms with Gasteiger partial charge in [0.25, 0.3) is 12.0 Å². The van der Waals surface area contributed by atoms with E-state index in [1.165, 1.54) is 14.2 Å². The molecule has 0 saturated carbocycles. The maximum atomic E-state index is 13.1. The van der Waals surface area contributed by atoms with Gasteiger partial charge in [0.15, 0.2) is 0 Å². The topological polar surface area (TPSA) is 74.3 Å². The Morgan fingerprint density at radius 3 is 2.38 bits per heavy atom. The van der Waals surface area contributed by atoms with E-state index in [0.29, 0.717) is 25.0 Å². The van der Waals surface area contributed by atoms with E-state index in [1.54, 1.807) is 18.2 Å². The van der Waals surface area contributed by atoms with Gasteiger partial charge in [-0.3, -0.25) is 9.59 Å². The molecule has 2 rings (SSSR count). The van der Waals surface area contributed by atoms with E-state index in [1.807, 2.05) is 6.07 Å². The first-order valence-electron chi connectivity index (χ1n) is 7.74. The molecule has 0 unspecified atom stereocenters.